The Morgan fingerprint density at radius 2 is 1.58 bits per heavy atom. The largest absolute Gasteiger partial charge is 0.454 e. The molecule has 0 N–H and O–H groups in total. The molecule has 2 bridgehead atoms. The van der Waals surface area contributed by atoms with Gasteiger partial charge in [-0.05, 0) is 70.6 Å². The van der Waals surface area contributed by atoms with Crippen molar-refractivity contribution in [3.8, 4) is 11.5 Å². The van der Waals surface area contributed by atoms with E-state index in [4.69, 9.17) is 9.47 Å². The van der Waals surface area contributed by atoms with Crippen LogP contribution in [0.1, 0.15) is 74.1 Å². The first-order valence-corrected chi connectivity index (χ1v) is 9.74. The molecule has 134 valence electrons. The lowest BCUT2D eigenvalue weighted by Gasteiger charge is -2.27. The van der Waals surface area contributed by atoms with E-state index in [1.54, 1.807) is 0 Å². The van der Waals surface area contributed by atoms with E-state index in [1.807, 2.05) is 0 Å². The van der Waals surface area contributed by atoms with Crippen LogP contribution in [0.3, 0.4) is 0 Å². The van der Waals surface area contributed by atoms with E-state index < -0.39 is 0 Å². The third-order valence-electron chi connectivity index (χ3n) is 6.23. The second-order valence-electron chi connectivity index (χ2n) is 8.94. The van der Waals surface area contributed by atoms with Gasteiger partial charge in [0.05, 0.1) is 0 Å². The molecule has 2 aromatic carbocycles. The van der Waals surface area contributed by atoms with Crippen LogP contribution >= 0.6 is 0 Å². The highest BCUT2D eigenvalue weighted by atomic mass is 16.7. The van der Waals surface area contributed by atoms with E-state index >= 15 is 0 Å². The Hall–Kier alpha value is -2.22. The van der Waals surface area contributed by atoms with Crippen LogP contribution < -0.4 is 9.47 Å². The Morgan fingerprint density at radius 1 is 0.885 bits per heavy atom. The van der Waals surface area contributed by atoms with Crippen LogP contribution in [0, 0.1) is 0 Å². The van der Waals surface area contributed by atoms with Crippen molar-refractivity contribution in [1.82, 2.24) is 0 Å². The number of hydrogen-bond donors (Lipinski definition) is 0. The van der Waals surface area contributed by atoms with E-state index in [0.29, 0.717) is 18.6 Å². The minimum Gasteiger partial charge on any atom is -0.454 e. The summed E-state index contributed by atoms with van der Waals surface area (Å²) in [5, 5.41) is 0. The van der Waals surface area contributed by atoms with Gasteiger partial charge in [-0.25, -0.2) is 0 Å². The molecule has 26 heavy (non-hydrogen) atoms. The molecule has 6 rings (SSSR count). The van der Waals surface area contributed by atoms with Gasteiger partial charge in [0.15, 0.2) is 11.5 Å². The van der Waals surface area contributed by atoms with Gasteiger partial charge in [0.25, 0.3) is 0 Å². The van der Waals surface area contributed by atoms with Crippen molar-refractivity contribution >= 4 is 5.57 Å². The monoisotopic (exact) mass is 346 g/mol. The van der Waals surface area contributed by atoms with Gasteiger partial charge in [0.1, 0.15) is 0 Å². The normalized spacial score (nSPS) is 23.4. The topological polar surface area (TPSA) is 18.5 Å². The van der Waals surface area contributed by atoms with Crippen molar-refractivity contribution in [3.05, 3.63) is 64.7 Å². The number of ether oxygens (including phenoxy) is 2. The van der Waals surface area contributed by atoms with Crippen molar-refractivity contribution in [2.75, 3.05) is 6.79 Å². The molecule has 0 saturated carbocycles. The summed E-state index contributed by atoms with van der Waals surface area (Å²) in [4.78, 5) is 0. The minimum absolute atomic E-state index is 0.201. The predicted octanol–water partition coefficient (Wildman–Crippen LogP) is 6.16. The predicted molar refractivity (Wildman–Crippen MR) is 105 cm³/mol. The minimum atomic E-state index is 0.201. The Labute approximate surface area is 155 Å². The van der Waals surface area contributed by atoms with Crippen LogP contribution in [-0.4, -0.2) is 6.79 Å². The van der Waals surface area contributed by atoms with Gasteiger partial charge in [0.2, 0.25) is 6.79 Å². The maximum atomic E-state index is 5.63. The SMILES string of the molecule is CC(C)(C)c1ccc(C2=CC3CCC(C2)c2cc4c(cc23)OCO4)cc1. The molecule has 2 unspecified atom stereocenters. The van der Waals surface area contributed by atoms with Crippen LogP contribution in [0.25, 0.3) is 5.57 Å². The van der Waals surface area contributed by atoms with Gasteiger partial charge >= 0.3 is 0 Å². The Kier molecular flexibility index (Phi) is 3.47. The average Bonchev–Trinajstić information content (AvgIpc) is 2.89. The first-order valence-electron chi connectivity index (χ1n) is 9.74. The fourth-order valence-corrected chi connectivity index (χ4v) is 4.70. The molecule has 0 amide bonds. The highest BCUT2D eigenvalue weighted by Crippen LogP contribution is 2.51. The molecule has 0 fully saturated rings. The molecule has 3 aliphatic carbocycles. The van der Waals surface area contributed by atoms with Crippen LogP contribution in [0.15, 0.2) is 42.5 Å². The van der Waals surface area contributed by atoms with Crippen molar-refractivity contribution < 1.29 is 9.47 Å². The van der Waals surface area contributed by atoms with E-state index in [-0.39, 0.29) is 5.41 Å². The summed E-state index contributed by atoms with van der Waals surface area (Å²) in [6, 6.07) is 13.7. The molecule has 0 aromatic heterocycles. The Bertz CT molecular complexity index is 884. The zero-order valence-electron chi connectivity index (χ0n) is 15.8. The van der Waals surface area contributed by atoms with Crippen LogP contribution in [0.4, 0.5) is 0 Å². The van der Waals surface area contributed by atoms with Gasteiger partial charge < -0.3 is 9.47 Å². The van der Waals surface area contributed by atoms with Crippen molar-refractivity contribution in [2.24, 2.45) is 0 Å². The maximum absolute atomic E-state index is 5.63. The highest BCUT2D eigenvalue weighted by Gasteiger charge is 2.33. The van der Waals surface area contributed by atoms with Crippen molar-refractivity contribution in [3.63, 3.8) is 0 Å². The van der Waals surface area contributed by atoms with E-state index in [0.717, 1.165) is 17.9 Å². The summed E-state index contributed by atoms with van der Waals surface area (Å²) in [6.45, 7) is 7.17. The summed E-state index contributed by atoms with van der Waals surface area (Å²) in [7, 11) is 0. The quantitative estimate of drug-likeness (QED) is 0.615. The van der Waals surface area contributed by atoms with E-state index in [2.05, 4.69) is 63.2 Å². The number of fused-ring (bicyclic) bond motifs is 3. The molecule has 1 heterocycles. The average molecular weight is 346 g/mol. The van der Waals surface area contributed by atoms with Gasteiger partial charge in [0, 0.05) is 5.92 Å². The van der Waals surface area contributed by atoms with Crippen LogP contribution in [0.5, 0.6) is 11.5 Å². The number of benzene rings is 2. The zero-order chi connectivity index (χ0) is 17.9. The second-order valence-corrected chi connectivity index (χ2v) is 8.94. The third kappa shape index (κ3) is 2.55. The van der Waals surface area contributed by atoms with Crippen molar-refractivity contribution in [2.45, 2.75) is 57.3 Å². The third-order valence-corrected chi connectivity index (χ3v) is 6.23. The molecule has 4 aliphatic rings. The first-order chi connectivity index (χ1) is 12.5. The lowest BCUT2D eigenvalue weighted by Crippen LogP contribution is -2.11. The zero-order valence-corrected chi connectivity index (χ0v) is 15.8. The highest BCUT2D eigenvalue weighted by molar-refractivity contribution is 5.70. The first kappa shape index (κ1) is 16.0. The van der Waals surface area contributed by atoms with Crippen LogP contribution in [-0.2, 0) is 5.41 Å². The van der Waals surface area contributed by atoms with Gasteiger partial charge in [-0.1, -0.05) is 51.1 Å². The molecule has 2 aromatic rings. The molecular formula is C24H26O2. The fraction of sp³-hybridized carbons (Fsp3) is 0.417. The Balaban J connectivity index is 1.52. The molecule has 0 saturated heterocycles. The summed E-state index contributed by atoms with van der Waals surface area (Å²) < 4.78 is 11.3. The molecule has 1 aliphatic heterocycles. The van der Waals surface area contributed by atoms with Gasteiger partial charge in [-0.3, -0.25) is 0 Å². The molecule has 0 radical (unpaired) electrons. The second kappa shape index (κ2) is 5.64. The molecular weight excluding hydrogens is 320 g/mol. The molecule has 2 nitrogen and oxygen atoms in total. The maximum Gasteiger partial charge on any atom is 0.231 e. The summed E-state index contributed by atoms with van der Waals surface area (Å²) in [5.41, 5.74) is 7.40. The molecule has 0 spiro atoms. The van der Waals surface area contributed by atoms with E-state index in [9.17, 15) is 0 Å². The summed E-state index contributed by atoms with van der Waals surface area (Å²) in [5.74, 6) is 2.93. The number of allylic oxidation sites excluding steroid dienone is 2. The molecule has 2 atom stereocenters. The lowest BCUT2D eigenvalue weighted by atomic mass is 9.77. The fourth-order valence-electron chi connectivity index (χ4n) is 4.70. The Morgan fingerprint density at radius 3 is 2.27 bits per heavy atom. The van der Waals surface area contributed by atoms with E-state index in [1.165, 1.54) is 40.7 Å². The summed E-state index contributed by atoms with van der Waals surface area (Å²) >= 11 is 0. The standard InChI is InChI=1S/C24H26O2/c1-24(2,3)19-8-6-15(7-9-19)18-10-16-4-5-17(11-18)21-13-23-22(12-20(16)21)25-14-26-23/h6-10,12-13,16-17H,4-5,11,14H2,1-3H3. The van der Waals surface area contributed by atoms with Crippen molar-refractivity contribution in [1.29, 1.82) is 0 Å². The number of hydrogen-bond acceptors (Lipinski definition) is 2. The van der Waals surface area contributed by atoms with Gasteiger partial charge in [-0.15, -0.1) is 0 Å². The number of rotatable bonds is 1. The van der Waals surface area contributed by atoms with Crippen LogP contribution in [0.2, 0.25) is 0 Å². The molecule has 2 heteroatoms. The summed E-state index contributed by atoms with van der Waals surface area (Å²) in [6.07, 6.45) is 6.14. The smallest absolute Gasteiger partial charge is 0.231 e. The van der Waals surface area contributed by atoms with Gasteiger partial charge in [-0.2, -0.15) is 0 Å². The lowest BCUT2D eigenvalue weighted by molar-refractivity contribution is 0.174.